The van der Waals surface area contributed by atoms with Gasteiger partial charge in [0.25, 0.3) is 0 Å². The van der Waals surface area contributed by atoms with E-state index in [0.29, 0.717) is 18.6 Å². The Labute approximate surface area is 116 Å². The molecule has 0 aromatic carbocycles. The van der Waals surface area contributed by atoms with Gasteiger partial charge < -0.3 is 9.88 Å². The maximum absolute atomic E-state index is 12.3. The van der Waals surface area contributed by atoms with E-state index in [1.807, 2.05) is 6.07 Å². The molecule has 3 heteroatoms. The van der Waals surface area contributed by atoms with Crippen LogP contribution < -0.4 is 5.32 Å². The third kappa shape index (κ3) is 3.08. The van der Waals surface area contributed by atoms with Gasteiger partial charge in [0.05, 0.1) is 6.54 Å². The summed E-state index contributed by atoms with van der Waals surface area (Å²) >= 11 is 0. The van der Waals surface area contributed by atoms with Crippen LogP contribution in [0.1, 0.15) is 67.3 Å². The van der Waals surface area contributed by atoms with Crippen LogP contribution in [0.4, 0.5) is 0 Å². The first-order valence-electron chi connectivity index (χ1n) is 7.45. The largest absolute Gasteiger partial charge is 0.346 e. The molecule has 0 unspecified atom stereocenters. The van der Waals surface area contributed by atoms with E-state index in [1.165, 1.54) is 31.4 Å². The minimum absolute atomic E-state index is 0.229. The van der Waals surface area contributed by atoms with E-state index < -0.39 is 0 Å². The maximum Gasteiger partial charge on any atom is 0.178 e. The smallest absolute Gasteiger partial charge is 0.178 e. The van der Waals surface area contributed by atoms with Crippen molar-refractivity contribution in [2.75, 3.05) is 6.54 Å². The fourth-order valence-corrected chi connectivity index (χ4v) is 3.32. The van der Waals surface area contributed by atoms with Gasteiger partial charge in [-0.3, -0.25) is 4.79 Å². The van der Waals surface area contributed by atoms with Crippen LogP contribution >= 0.6 is 0 Å². The number of hydrogen-bond acceptors (Lipinski definition) is 2. The summed E-state index contributed by atoms with van der Waals surface area (Å²) in [6, 6.07) is 3.00. The first kappa shape index (κ1) is 14.3. The summed E-state index contributed by atoms with van der Waals surface area (Å²) < 4.78 is 2.24. The minimum atomic E-state index is 0.229. The van der Waals surface area contributed by atoms with E-state index in [9.17, 15) is 4.79 Å². The van der Waals surface area contributed by atoms with Gasteiger partial charge in [0.2, 0.25) is 0 Å². The van der Waals surface area contributed by atoms with Crippen LogP contribution in [-0.2, 0) is 0 Å². The molecule has 2 rings (SSSR count). The molecule has 3 nitrogen and oxygen atoms in total. The molecule has 1 aromatic heterocycles. The lowest BCUT2D eigenvalue weighted by Crippen LogP contribution is -2.31. The molecular weight excluding hydrogens is 236 g/mol. The molecule has 0 amide bonds. The number of aryl methyl sites for hydroxylation is 1. The van der Waals surface area contributed by atoms with Crippen LogP contribution in [0.25, 0.3) is 0 Å². The lowest BCUT2D eigenvalue weighted by molar-refractivity contribution is 0.0986. The molecule has 0 aliphatic heterocycles. The molecule has 0 saturated heterocycles. The summed E-state index contributed by atoms with van der Waals surface area (Å²) in [7, 11) is 0. The lowest BCUT2D eigenvalue weighted by Gasteiger charge is -2.14. The summed E-state index contributed by atoms with van der Waals surface area (Å²) in [4.78, 5) is 12.3. The molecule has 0 spiro atoms. The van der Waals surface area contributed by atoms with E-state index in [1.54, 1.807) is 0 Å². The molecular formula is C16H26N2O. The topological polar surface area (TPSA) is 34.0 Å². The third-order valence-corrected chi connectivity index (χ3v) is 4.21. The fourth-order valence-electron chi connectivity index (χ4n) is 3.32. The number of aromatic nitrogens is 1. The Morgan fingerprint density at radius 1 is 1.37 bits per heavy atom. The van der Waals surface area contributed by atoms with Crippen molar-refractivity contribution in [3.63, 3.8) is 0 Å². The normalized spacial score (nSPS) is 16.5. The van der Waals surface area contributed by atoms with Crippen molar-refractivity contribution in [3.8, 4) is 0 Å². The van der Waals surface area contributed by atoms with E-state index in [4.69, 9.17) is 0 Å². The zero-order valence-electron chi connectivity index (χ0n) is 12.6. The number of carbonyl (C=O) groups excluding carboxylic acids is 1. The van der Waals surface area contributed by atoms with Gasteiger partial charge in [-0.05, 0) is 46.6 Å². The second-order valence-electron chi connectivity index (χ2n) is 6.03. The van der Waals surface area contributed by atoms with E-state index in [0.717, 1.165) is 11.3 Å². The van der Waals surface area contributed by atoms with Crippen molar-refractivity contribution in [1.82, 2.24) is 9.88 Å². The monoisotopic (exact) mass is 262 g/mol. The van der Waals surface area contributed by atoms with Gasteiger partial charge in [-0.2, -0.15) is 0 Å². The Hall–Kier alpha value is -1.09. The number of carbonyl (C=O) groups is 1. The van der Waals surface area contributed by atoms with Crippen molar-refractivity contribution < 1.29 is 4.79 Å². The highest BCUT2D eigenvalue weighted by atomic mass is 16.1. The van der Waals surface area contributed by atoms with Crippen LogP contribution in [-0.4, -0.2) is 22.9 Å². The number of Topliss-reactive ketones (excluding diaryl/α,β-unsaturated/α-hetero) is 1. The molecule has 1 aliphatic rings. The molecule has 106 valence electrons. The van der Waals surface area contributed by atoms with Crippen molar-refractivity contribution in [1.29, 1.82) is 0 Å². The van der Waals surface area contributed by atoms with Crippen molar-refractivity contribution in [2.45, 2.75) is 65.5 Å². The highest BCUT2D eigenvalue weighted by Crippen LogP contribution is 2.21. The fraction of sp³-hybridized carbons (Fsp3) is 0.688. The first-order chi connectivity index (χ1) is 9.00. The van der Waals surface area contributed by atoms with Gasteiger partial charge in [-0.1, -0.05) is 12.8 Å². The number of hydrogen-bond donors (Lipinski definition) is 1. The Balaban J connectivity index is 2.04. The zero-order valence-corrected chi connectivity index (χ0v) is 12.6. The summed E-state index contributed by atoms with van der Waals surface area (Å²) in [5.41, 5.74) is 3.17. The van der Waals surface area contributed by atoms with Crippen molar-refractivity contribution >= 4 is 5.78 Å². The van der Waals surface area contributed by atoms with Crippen LogP contribution in [0.5, 0.6) is 0 Å². The highest BCUT2D eigenvalue weighted by molar-refractivity contribution is 5.99. The molecule has 1 heterocycles. The molecule has 1 N–H and O–H groups in total. The molecule has 0 atom stereocenters. The third-order valence-electron chi connectivity index (χ3n) is 4.21. The summed E-state index contributed by atoms with van der Waals surface area (Å²) in [6.45, 7) is 8.92. The Kier molecular flexibility index (Phi) is 4.46. The maximum atomic E-state index is 12.3. The summed E-state index contributed by atoms with van der Waals surface area (Å²) in [5, 5.41) is 3.41. The Bertz CT molecular complexity index is 454. The first-order valence-corrected chi connectivity index (χ1v) is 7.45. The SMILES string of the molecule is Cc1cc(C(=O)CNC2CCCC2)c(C)n1C(C)C. The molecule has 1 aromatic rings. The van der Waals surface area contributed by atoms with Crippen LogP contribution in [0, 0.1) is 13.8 Å². The number of rotatable bonds is 5. The molecule has 19 heavy (non-hydrogen) atoms. The van der Waals surface area contributed by atoms with Gasteiger partial charge >= 0.3 is 0 Å². The van der Waals surface area contributed by atoms with E-state index >= 15 is 0 Å². The number of nitrogens with one attached hydrogen (secondary N) is 1. The summed E-state index contributed by atoms with van der Waals surface area (Å²) in [6.07, 6.45) is 5.04. The van der Waals surface area contributed by atoms with Crippen LogP contribution in [0.15, 0.2) is 6.07 Å². The number of ketones is 1. The molecule has 1 aliphatic carbocycles. The zero-order chi connectivity index (χ0) is 14.0. The van der Waals surface area contributed by atoms with Gasteiger partial charge in [0.15, 0.2) is 5.78 Å². The average molecular weight is 262 g/mol. The Morgan fingerprint density at radius 2 is 2.00 bits per heavy atom. The second-order valence-corrected chi connectivity index (χ2v) is 6.03. The highest BCUT2D eigenvalue weighted by Gasteiger charge is 2.19. The van der Waals surface area contributed by atoms with Gasteiger partial charge in [-0.15, -0.1) is 0 Å². The molecule has 0 bridgehead atoms. The summed E-state index contributed by atoms with van der Waals surface area (Å²) in [5.74, 6) is 0.229. The van der Waals surface area contributed by atoms with Crippen molar-refractivity contribution in [2.24, 2.45) is 0 Å². The van der Waals surface area contributed by atoms with Gasteiger partial charge in [-0.25, -0.2) is 0 Å². The Morgan fingerprint density at radius 3 is 2.53 bits per heavy atom. The van der Waals surface area contributed by atoms with E-state index in [-0.39, 0.29) is 5.78 Å². The second kappa shape index (κ2) is 5.91. The van der Waals surface area contributed by atoms with E-state index in [2.05, 4.69) is 37.6 Å². The average Bonchev–Trinajstić information content (AvgIpc) is 2.94. The van der Waals surface area contributed by atoms with Gasteiger partial charge in [0.1, 0.15) is 0 Å². The molecule has 1 saturated carbocycles. The quantitative estimate of drug-likeness (QED) is 0.825. The molecule has 1 fully saturated rings. The lowest BCUT2D eigenvalue weighted by atomic mass is 10.1. The standard InChI is InChI=1S/C16H26N2O/c1-11(2)18-12(3)9-15(13(18)4)16(19)10-17-14-7-5-6-8-14/h9,11,14,17H,5-8,10H2,1-4H3. The molecule has 0 radical (unpaired) electrons. The number of nitrogens with zero attached hydrogens (tertiary/aromatic N) is 1. The van der Waals surface area contributed by atoms with Gasteiger partial charge in [0, 0.05) is 29.0 Å². The predicted molar refractivity (Wildman–Crippen MR) is 78.9 cm³/mol. The van der Waals surface area contributed by atoms with Crippen molar-refractivity contribution in [3.05, 3.63) is 23.0 Å². The van der Waals surface area contributed by atoms with Crippen LogP contribution in [0.2, 0.25) is 0 Å². The van der Waals surface area contributed by atoms with Crippen LogP contribution in [0.3, 0.4) is 0 Å². The minimum Gasteiger partial charge on any atom is -0.346 e. The predicted octanol–water partition coefficient (Wildman–Crippen LogP) is 3.40.